The molecule has 8 nitrogen and oxygen atoms in total. The Morgan fingerprint density at radius 1 is 1.06 bits per heavy atom. The second kappa shape index (κ2) is 12.0. The zero-order valence-electron chi connectivity index (χ0n) is 18.7. The lowest BCUT2D eigenvalue weighted by Gasteiger charge is -2.20. The van der Waals surface area contributed by atoms with Gasteiger partial charge in [-0.05, 0) is 61.9 Å². The van der Waals surface area contributed by atoms with Crippen LogP contribution in [0.1, 0.15) is 35.3 Å². The van der Waals surface area contributed by atoms with Crippen molar-refractivity contribution in [1.82, 2.24) is 4.90 Å². The number of hydrogen-bond donors (Lipinski definition) is 2. The molecule has 3 N–H and O–H groups in total. The molecule has 0 unspecified atom stereocenters. The Morgan fingerprint density at radius 2 is 1.67 bits per heavy atom. The maximum atomic E-state index is 12.7. The van der Waals surface area contributed by atoms with Crippen molar-refractivity contribution in [3.63, 3.8) is 0 Å². The van der Waals surface area contributed by atoms with E-state index in [0.29, 0.717) is 28.0 Å². The summed E-state index contributed by atoms with van der Waals surface area (Å²) in [5, 5.41) is 7.38. The van der Waals surface area contributed by atoms with Crippen LogP contribution in [0.25, 0.3) is 6.08 Å². The van der Waals surface area contributed by atoms with Crippen molar-refractivity contribution in [1.29, 1.82) is 5.41 Å². The molecule has 2 rings (SSSR count). The van der Waals surface area contributed by atoms with Crippen LogP contribution in [0.15, 0.2) is 66.8 Å². The molecule has 0 spiro atoms. The SMILES string of the molecule is C=CCN(CC(=O)OCC)C(=O)C(C)=Cc1ccc(C(=O)Oc2ccc(C(=N)N)cc2)cc1. The molecule has 0 bridgehead atoms. The predicted octanol–water partition coefficient (Wildman–Crippen LogP) is 3.17. The number of esters is 2. The molecular weight excluding hydrogens is 422 g/mol. The van der Waals surface area contributed by atoms with Crippen molar-refractivity contribution in [2.45, 2.75) is 13.8 Å². The number of hydrogen-bond acceptors (Lipinski definition) is 6. The summed E-state index contributed by atoms with van der Waals surface area (Å²) in [4.78, 5) is 38.2. The van der Waals surface area contributed by atoms with E-state index in [1.807, 2.05) is 0 Å². The molecule has 0 aromatic heterocycles. The van der Waals surface area contributed by atoms with E-state index in [1.54, 1.807) is 74.5 Å². The molecule has 33 heavy (non-hydrogen) atoms. The minimum atomic E-state index is -0.541. The molecule has 0 aliphatic rings. The van der Waals surface area contributed by atoms with E-state index in [1.165, 1.54) is 4.90 Å². The first-order valence-corrected chi connectivity index (χ1v) is 10.3. The van der Waals surface area contributed by atoms with Crippen LogP contribution >= 0.6 is 0 Å². The average Bonchev–Trinajstić information content (AvgIpc) is 2.79. The van der Waals surface area contributed by atoms with Crippen LogP contribution in [-0.2, 0) is 14.3 Å². The van der Waals surface area contributed by atoms with Gasteiger partial charge in [0.15, 0.2) is 0 Å². The van der Waals surface area contributed by atoms with Gasteiger partial charge in [-0.25, -0.2) is 4.79 Å². The normalized spacial score (nSPS) is 10.8. The summed E-state index contributed by atoms with van der Waals surface area (Å²) in [6.45, 7) is 7.26. The first-order valence-electron chi connectivity index (χ1n) is 10.3. The molecule has 0 heterocycles. The molecule has 0 aliphatic carbocycles. The molecule has 2 aromatic rings. The lowest BCUT2D eigenvalue weighted by molar-refractivity contribution is -0.147. The van der Waals surface area contributed by atoms with Gasteiger partial charge in [0, 0.05) is 17.7 Å². The molecule has 0 saturated carbocycles. The van der Waals surface area contributed by atoms with Gasteiger partial charge in [-0.15, -0.1) is 6.58 Å². The van der Waals surface area contributed by atoms with Gasteiger partial charge in [0.25, 0.3) is 0 Å². The average molecular weight is 450 g/mol. The number of carbonyl (C=O) groups excluding carboxylic acids is 3. The maximum absolute atomic E-state index is 12.7. The summed E-state index contributed by atoms with van der Waals surface area (Å²) < 4.78 is 10.2. The van der Waals surface area contributed by atoms with Crippen molar-refractivity contribution in [3.8, 4) is 5.75 Å². The summed E-state index contributed by atoms with van der Waals surface area (Å²) in [6.07, 6.45) is 3.21. The Hall–Kier alpha value is -4.20. The van der Waals surface area contributed by atoms with Crippen molar-refractivity contribution in [2.75, 3.05) is 19.7 Å². The van der Waals surface area contributed by atoms with Crippen molar-refractivity contribution in [2.24, 2.45) is 5.73 Å². The highest BCUT2D eigenvalue weighted by Crippen LogP contribution is 2.16. The number of nitrogens with two attached hydrogens (primary N) is 1. The van der Waals surface area contributed by atoms with Crippen LogP contribution in [0.3, 0.4) is 0 Å². The third-order valence-corrected chi connectivity index (χ3v) is 4.50. The van der Waals surface area contributed by atoms with Crippen molar-refractivity contribution < 1.29 is 23.9 Å². The van der Waals surface area contributed by atoms with E-state index in [4.69, 9.17) is 20.6 Å². The quantitative estimate of drug-likeness (QED) is 0.143. The van der Waals surface area contributed by atoms with Crippen LogP contribution in [0.2, 0.25) is 0 Å². The van der Waals surface area contributed by atoms with E-state index in [-0.39, 0.29) is 31.4 Å². The van der Waals surface area contributed by atoms with Crippen LogP contribution in [0.4, 0.5) is 0 Å². The maximum Gasteiger partial charge on any atom is 0.343 e. The Balaban J connectivity index is 2.07. The largest absolute Gasteiger partial charge is 0.465 e. The number of rotatable bonds is 10. The zero-order valence-corrected chi connectivity index (χ0v) is 18.7. The molecule has 172 valence electrons. The number of nitrogen functional groups attached to an aromatic ring is 1. The summed E-state index contributed by atoms with van der Waals surface area (Å²) in [7, 11) is 0. The predicted molar refractivity (Wildman–Crippen MR) is 126 cm³/mol. The van der Waals surface area contributed by atoms with Gasteiger partial charge in [-0.1, -0.05) is 18.2 Å². The van der Waals surface area contributed by atoms with Crippen molar-refractivity contribution >= 4 is 29.8 Å². The summed E-state index contributed by atoms with van der Waals surface area (Å²) in [5.74, 6) is -1.08. The number of ether oxygens (including phenoxy) is 2. The van der Waals surface area contributed by atoms with Gasteiger partial charge in [0.05, 0.1) is 12.2 Å². The fourth-order valence-electron chi connectivity index (χ4n) is 2.88. The highest BCUT2D eigenvalue weighted by atomic mass is 16.5. The van der Waals surface area contributed by atoms with Gasteiger partial charge >= 0.3 is 11.9 Å². The van der Waals surface area contributed by atoms with Gasteiger partial charge in [0.1, 0.15) is 18.1 Å². The topological polar surface area (TPSA) is 123 Å². The van der Waals surface area contributed by atoms with E-state index >= 15 is 0 Å². The molecular formula is C25H27N3O5. The molecule has 8 heteroatoms. The summed E-state index contributed by atoms with van der Waals surface area (Å²) in [6, 6.07) is 12.9. The first-order chi connectivity index (χ1) is 15.7. The van der Waals surface area contributed by atoms with E-state index in [2.05, 4.69) is 6.58 Å². The van der Waals surface area contributed by atoms with Crippen LogP contribution in [-0.4, -0.2) is 48.3 Å². The molecule has 0 atom stereocenters. The Morgan fingerprint density at radius 3 is 2.21 bits per heavy atom. The smallest absolute Gasteiger partial charge is 0.343 e. The lowest BCUT2D eigenvalue weighted by atomic mass is 10.1. The van der Waals surface area contributed by atoms with Gasteiger partial charge in [-0.3, -0.25) is 15.0 Å². The van der Waals surface area contributed by atoms with Crippen LogP contribution in [0, 0.1) is 5.41 Å². The van der Waals surface area contributed by atoms with E-state index < -0.39 is 11.9 Å². The fraction of sp³-hybridized carbons (Fsp3) is 0.200. The third kappa shape index (κ3) is 7.46. The molecule has 2 aromatic carbocycles. The second-order valence-electron chi connectivity index (χ2n) is 7.06. The second-order valence-corrected chi connectivity index (χ2v) is 7.06. The Kier molecular flexibility index (Phi) is 9.11. The molecule has 0 radical (unpaired) electrons. The van der Waals surface area contributed by atoms with E-state index in [9.17, 15) is 14.4 Å². The summed E-state index contributed by atoms with van der Waals surface area (Å²) >= 11 is 0. The molecule has 0 fully saturated rings. The van der Waals surface area contributed by atoms with Gasteiger partial charge in [-0.2, -0.15) is 0 Å². The number of nitrogens with one attached hydrogen (secondary N) is 1. The van der Waals surface area contributed by atoms with Crippen LogP contribution in [0.5, 0.6) is 5.75 Å². The molecule has 0 saturated heterocycles. The Labute approximate surface area is 192 Å². The third-order valence-electron chi connectivity index (χ3n) is 4.50. The Bertz CT molecular complexity index is 1060. The molecule has 0 aliphatic heterocycles. The zero-order chi connectivity index (χ0) is 24.4. The first kappa shape index (κ1) is 25.1. The molecule has 1 amide bonds. The number of amidine groups is 1. The fourth-order valence-corrected chi connectivity index (χ4v) is 2.88. The van der Waals surface area contributed by atoms with Gasteiger partial charge in [0.2, 0.25) is 5.91 Å². The number of benzene rings is 2. The minimum Gasteiger partial charge on any atom is -0.465 e. The van der Waals surface area contributed by atoms with Crippen molar-refractivity contribution in [3.05, 3.63) is 83.4 Å². The highest BCUT2D eigenvalue weighted by molar-refractivity contribution is 5.99. The lowest BCUT2D eigenvalue weighted by Crippen LogP contribution is -2.37. The monoisotopic (exact) mass is 449 g/mol. The summed E-state index contributed by atoms with van der Waals surface area (Å²) in [5.41, 5.74) is 7.40. The standard InChI is InChI=1S/C25H27N3O5/c1-4-14-28(16-22(29)32-5-2)24(30)17(3)15-18-6-8-20(9-7-18)25(31)33-21-12-10-19(11-13-21)23(26)27/h4,6-13,15H,1,5,14,16H2,2-3H3,(H3,26,27). The number of carbonyl (C=O) groups is 3. The van der Waals surface area contributed by atoms with Gasteiger partial charge < -0.3 is 20.1 Å². The number of amides is 1. The number of nitrogens with zero attached hydrogens (tertiary/aromatic N) is 1. The minimum absolute atomic E-state index is 0.0706. The van der Waals surface area contributed by atoms with Crippen LogP contribution < -0.4 is 10.5 Å². The van der Waals surface area contributed by atoms with E-state index in [0.717, 1.165) is 0 Å². The highest BCUT2D eigenvalue weighted by Gasteiger charge is 2.18.